The van der Waals surface area contributed by atoms with E-state index >= 15 is 0 Å². The Morgan fingerprint density at radius 2 is 0.911 bits per heavy atom. The molecule has 5 nitrogen and oxygen atoms in total. The van der Waals surface area contributed by atoms with Crippen molar-refractivity contribution in [2.75, 3.05) is 13.2 Å². The van der Waals surface area contributed by atoms with Crippen LogP contribution in [-0.2, 0) is 19.1 Å². The fourth-order valence-corrected chi connectivity index (χ4v) is 4.95. The van der Waals surface area contributed by atoms with Crippen LogP contribution < -0.4 is 0 Å². The van der Waals surface area contributed by atoms with Crippen LogP contribution in [0.4, 0.5) is 0 Å². The van der Waals surface area contributed by atoms with E-state index < -0.39 is 6.10 Å². The van der Waals surface area contributed by atoms with Gasteiger partial charge in [-0.1, -0.05) is 140 Å². The van der Waals surface area contributed by atoms with Crippen LogP contribution in [0, 0.1) is 0 Å². The molecule has 0 unspecified atom stereocenters. The highest BCUT2D eigenvalue weighted by Crippen LogP contribution is 2.12. The molecular formula is C40H70O5. The summed E-state index contributed by atoms with van der Waals surface area (Å²) in [6.45, 7) is 4.04. The molecular weight excluding hydrogens is 560 g/mol. The van der Waals surface area contributed by atoms with Crippen LogP contribution in [0.25, 0.3) is 0 Å². The number of esters is 2. The molecule has 0 aliphatic carbocycles. The third-order valence-corrected chi connectivity index (χ3v) is 7.85. The van der Waals surface area contributed by atoms with Crippen LogP contribution >= 0.6 is 0 Å². The van der Waals surface area contributed by atoms with Crippen LogP contribution in [0.2, 0.25) is 0 Å². The lowest BCUT2D eigenvalue weighted by Gasteiger charge is -2.15. The fraction of sp³-hybridized carbons (Fsp3) is 0.750. The molecule has 0 aliphatic heterocycles. The maximum absolute atomic E-state index is 12.1. The number of ether oxygens (including phenoxy) is 2. The van der Waals surface area contributed by atoms with Crippen molar-refractivity contribution in [2.24, 2.45) is 0 Å². The van der Waals surface area contributed by atoms with E-state index in [4.69, 9.17) is 9.47 Å². The van der Waals surface area contributed by atoms with Crippen LogP contribution in [0.5, 0.6) is 0 Å². The van der Waals surface area contributed by atoms with Gasteiger partial charge >= 0.3 is 11.9 Å². The number of carbonyl (C=O) groups excluding carboxylic acids is 2. The number of allylic oxidation sites excluding steroid dienone is 8. The molecule has 0 aromatic rings. The lowest BCUT2D eigenvalue weighted by atomic mass is 10.1. The second-order valence-corrected chi connectivity index (χ2v) is 12.3. The zero-order chi connectivity index (χ0) is 32.9. The summed E-state index contributed by atoms with van der Waals surface area (Å²) < 4.78 is 10.6. The highest BCUT2D eigenvalue weighted by atomic mass is 16.6. The summed E-state index contributed by atoms with van der Waals surface area (Å²) in [5.41, 5.74) is 0. The van der Waals surface area contributed by atoms with Gasteiger partial charge in [0, 0.05) is 12.8 Å². The van der Waals surface area contributed by atoms with Crippen LogP contribution in [0.15, 0.2) is 48.6 Å². The Hall–Kier alpha value is -2.14. The highest BCUT2D eigenvalue weighted by Gasteiger charge is 2.16. The van der Waals surface area contributed by atoms with E-state index in [0.717, 1.165) is 64.2 Å². The minimum absolute atomic E-state index is 0.0772. The monoisotopic (exact) mass is 631 g/mol. The molecule has 0 amide bonds. The zero-order valence-corrected chi connectivity index (χ0v) is 29.4. The molecule has 0 rings (SSSR count). The van der Waals surface area contributed by atoms with Gasteiger partial charge in [0.2, 0.25) is 0 Å². The maximum atomic E-state index is 12.1. The first-order valence-corrected chi connectivity index (χ1v) is 18.7. The summed E-state index contributed by atoms with van der Waals surface area (Å²) >= 11 is 0. The van der Waals surface area contributed by atoms with Gasteiger partial charge in [-0.25, -0.2) is 0 Å². The highest BCUT2D eigenvalue weighted by molar-refractivity contribution is 5.70. The van der Waals surface area contributed by atoms with Crippen LogP contribution in [0.3, 0.4) is 0 Å². The van der Waals surface area contributed by atoms with Crippen molar-refractivity contribution < 1.29 is 24.2 Å². The lowest BCUT2D eigenvalue weighted by Crippen LogP contribution is -2.28. The van der Waals surface area contributed by atoms with Crippen molar-refractivity contribution in [3.8, 4) is 0 Å². The Kier molecular flexibility index (Phi) is 34.6. The van der Waals surface area contributed by atoms with Gasteiger partial charge in [0.1, 0.15) is 6.61 Å². The summed E-state index contributed by atoms with van der Waals surface area (Å²) in [5, 5.41) is 9.53. The first-order valence-electron chi connectivity index (χ1n) is 18.7. The molecule has 0 aliphatic rings. The third-order valence-electron chi connectivity index (χ3n) is 7.85. The summed E-state index contributed by atoms with van der Waals surface area (Å²) in [6, 6.07) is 0. The fourth-order valence-electron chi connectivity index (χ4n) is 4.95. The summed E-state index contributed by atoms with van der Waals surface area (Å²) in [4.78, 5) is 24.2. The van der Waals surface area contributed by atoms with Crippen molar-refractivity contribution in [1.29, 1.82) is 0 Å². The minimum Gasteiger partial charge on any atom is -0.462 e. The minimum atomic E-state index is -0.780. The molecule has 0 aromatic carbocycles. The van der Waals surface area contributed by atoms with Gasteiger partial charge in [-0.15, -0.1) is 0 Å². The molecule has 0 bridgehead atoms. The topological polar surface area (TPSA) is 72.8 Å². The van der Waals surface area contributed by atoms with E-state index in [1.54, 1.807) is 0 Å². The second-order valence-electron chi connectivity index (χ2n) is 12.3. The molecule has 0 aromatic heterocycles. The standard InChI is InChI=1S/C40H70O5/c1-3-5-7-9-11-13-15-17-19-20-21-23-25-27-29-31-33-35-40(43)45-38(36-41)37-44-39(42)34-32-30-28-26-24-22-18-16-14-12-10-8-6-4-2/h10-13,16-19,38,41H,3-9,14-15,20-37H2,1-2H3/b12-10+,13-11+,18-16+,19-17+/t38-/m0/s1. The van der Waals surface area contributed by atoms with Crippen molar-refractivity contribution >= 4 is 11.9 Å². The molecule has 1 atom stereocenters. The predicted molar refractivity (Wildman–Crippen MR) is 191 cm³/mol. The Morgan fingerprint density at radius 1 is 0.511 bits per heavy atom. The lowest BCUT2D eigenvalue weighted by molar-refractivity contribution is -0.161. The molecule has 0 fully saturated rings. The van der Waals surface area contributed by atoms with E-state index in [1.165, 1.54) is 83.5 Å². The summed E-state index contributed by atoms with van der Waals surface area (Å²) in [6.07, 6.45) is 44.4. The SMILES string of the molecule is CCCC/C=C/C/C=C/CCCCCCCC(=O)OC[C@H](CO)OC(=O)CCCCCCCCC/C=C/C/C=C/CCCCC. The number of hydrogen-bond acceptors (Lipinski definition) is 5. The molecule has 5 heteroatoms. The van der Waals surface area contributed by atoms with Crippen molar-refractivity contribution in [2.45, 2.75) is 180 Å². The average Bonchev–Trinajstić information content (AvgIpc) is 3.04. The van der Waals surface area contributed by atoms with Gasteiger partial charge in [-0.2, -0.15) is 0 Å². The molecule has 260 valence electrons. The van der Waals surface area contributed by atoms with Gasteiger partial charge in [0.25, 0.3) is 0 Å². The summed E-state index contributed by atoms with van der Waals surface area (Å²) in [5.74, 6) is -0.619. The van der Waals surface area contributed by atoms with Gasteiger partial charge in [0.15, 0.2) is 6.10 Å². The Labute approximate surface area is 278 Å². The summed E-state index contributed by atoms with van der Waals surface area (Å²) in [7, 11) is 0. The predicted octanol–water partition coefficient (Wildman–Crippen LogP) is 11.5. The number of unbranched alkanes of at least 4 members (excludes halogenated alkanes) is 17. The van der Waals surface area contributed by atoms with Crippen molar-refractivity contribution in [1.82, 2.24) is 0 Å². The van der Waals surface area contributed by atoms with E-state index in [1.807, 2.05) is 0 Å². The smallest absolute Gasteiger partial charge is 0.306 e. The molecule has 0 radical (unpaired) electrons. The molecule has 45 heavy (non-hydrogen) atoms. The molecule has 0 saturated heterocycles. The van der Waals surface area contributed by atoms with Gasteiger partial charge in [-0.3, -0.25) is 9.59 Å². The van der Waals surface area contributed by atoms with E-state index in [2.05, 4.69) is 62.5 Å². The van der Waals surface area contributed by atoms with Crippen molar-refractivity contribution in [3.05, 3.63) is 48.6 Å². The van der Waals surface area contributed by atoms with Crippen LogP contribution in [-0.4, -0.2) is 36.4 Å². The number of aliphatic hydroxyl groups excluding tert-OH is 1. The van der Waals surface area contributed by atoms with E-state index in [9.17, 15) is 14.7 Å². The Morgan fingerprint density at radius 3 is 1.38 bits per heavy atom. The number of carbonyl (C=O) groups is 2. The van der Waals surface area contributed by atoms with E-state index in [0.29, 0.717) is 12.8 Å². The number of rotatable bonds is 33. The third kappa shape index (κ3) is 34.6. The van der Waals surface area contributed by atoms with Crippen molar-refractivity contribution in [3.63, 3.8) is 0 Å². The Bertz CT molecular complexity index is 767. The first-order chi connectivity index (χ1) is 22.1. The zero-order valence-electron chi connectivity index (χ0n) is 29.4. The normalized spacial score (nSPS) is 12.7. The van der Waals surface area contributed by atoms with Crippen LogP contribution in [0.1, 0.15) is 174 Å². The average molecular weight is 631 g/mol. The number of hydrogen-bond donors (Lipinski definition) is 1. The molecule has 1 N–H and O–H groups in total. The van der Waals surface area contributed by atoms with Gasteiger partial charge in [-0.05, 0) is 70.6 Å². The second kappa shape index (κ2) is 36.3. The maximum Gasteiger partial charge on any atom is 0.306 e. The van der Waals surface area contributed by atoms with Gasteiger partial charge in [0.05, 0.1) is 6.61 Å². The Balaban J connectivity index is 3.61. The van der Waals surface area contributed by atoms with E-state index in [-0.39, 0.29) is 25.2 Å². The first kappa shape index (κ1) is 42.9. The molecule has 0 spiro atoms. The van der Waals surface area contributed by atoms with Gasteiger partial charge < -0.3 is 14.6 Å². The largest absolute Gasteiger partial charge is 0.462 e. The molecule has 0 saturated carbocycles. The molecule has 0 heterocycles. The quantitative estimate of drug-likeness (QED) is 0.0444. The number of aliphatic hydroxyl groups is 1.